The Hall–Kier alpha value is -2.08. The van der Waals surface area contributed by atoms with E-state index in [4.69, 9.17) is 27.9 Å². The number of hydrogen-bond donors (Lipinski definition) is 0. The minimum Gasteiger partial charge on any atom is -0.485 e. The Morgan fingerprint density at radius 2 is 1.97 bits per heavy atom. The third kappa shape index (κ3) is 5.50. The lowest BCUT2D eigenvalue weighted by molar-refractivity contribution is 0.0687. The van der Waals surface area contributed by atoms with E-state index in [2.05, 4.69) is 4.98 Å². The Bertz CT molecular complexity index is 1000. The number of carbonyl (C=O) groups is 1. The molecular formula is C22H22Cl2N2O2S. The van der Waals surface area contributed by atoms with Crippen molar-refractivity contribution in [3.63, 3.8) is 0 Å². The second-order valence-corrected chi connectivity index (χ2v) is 8.72. The van der Waals surface area contributed by atoms with Gasteiger partial charge >= 0.3 is 0 Å². The van der Waals surface area contributed by atoms with E-state index in [1.807, 2.05) is 55.3 Å². The van der Waals surface area contributed by atoms with E-state index in [-0.39, 0.29) is 18.6 Å². The van der Waals surface area contributed by atoms with Crippen molar-refractivity contribution in [1.82, 2.24) is 9.88 Å². The van der Waals surface area contributed by atoms with E-state index in [9.17, 15) is 4.79 Å². The highest BCUT2D eigenvalue weighted by molar-refractivity contribution is 7.09. The zero-order valence-electron chi connectivity index (χ0n) is 16.5. The quantitative estimate of drug-likeness (QED) is 0.420. The second kappa shape index (κ2) is 9.61. The summed E-state index contributed by atoms with van der Waals surface area (Å²) in [6.07, 6.45) is 0. The van der Waals surface area contributed by atoms with Gasteiger partial charge in [0.05, 0.1) is 17.3 Å². The minimum atomic E-state index is 0.00890. The first-order valence-electron chi connectivity index (χ1n) is 9.23. The van der Waals surface area contributed by atoms with Crippen LogP contribution in [-0.4, -0.2) is 21.8 Å². The van der Waals surface area contributed by atoms with Gasteiger partial charge in [-0.15, -0.1) is 11.3 Å². The summed E-state index contributed by atoms with van der Waals surface area (Å²) in [5, 5.41) is 3.83. The van der Waals surface area contributed by atoms with Gasteiger partial charge in [0, 0.05) is 28.1 Å². The molecule has 0 atom stereocenters. The molecule has 1 aromatic heterocycles. The van der Waals surface area contributed by atoms with Gasteiger partial charge in [0.2, 0.25) is 0 Å². The fraction of sp³-hybridized carbons (Fsp3) is 0.273. The van der Waals surface area contributed by atoms with Crippen LogP contribution in [0.25, 0.3) is 0 Å². The molecule has 1 amide bonds. The maximum Gasteiger partial charge on any atom is 0.254 e. The van der Waals surface area contributed by atoms with Crippen molar-refractivity contribution in [2.75, 3.05) is 0 Å². The fourth-order valence-corrected chi connectivity index (χ4v) is 3.88. The topological polar surface area (TPSA) is 42.4 Å². The van der Waals surface area contributed by atoms with E-state index in [1.165, 1.54) is 11.3 Å². The molecule has 4 nitrogen and oxygen atoms in total. The molecule has 0 spiro atoms. The molecule has 0 saturated heterocycles. The summed E-state index contributed by atoms with van der Waals surface area (Å²) in [6.45, 7) is 6.70. The van der Waals surface area contributed by atoms with Gasteiger partial charge in [0.25, 0.3) is 5.91 Å². The molecule has 0 radical (unpaired) electrons. The average Bonchev–Trinajstić information content (AvgIpc) is 3.14. The normalized spacial score (nSPS) is 11.0. The zero-order chi connectivity index (χ0) is 21.0. The number of aromatic nitrogens is 1. The summed E-state index contributed by atoms with van der Waals surface area (Å²) in [6, 6.07) is 12.8. The summed E-state index contributed by atoms with van der Waals surface area (Å²) in [7, 11) is 0. The Morgan fingerprint density at radius 1 is 1.21 bits per heavy atom. The highest BCUT2D eigenvalue weighted by Crippen LogP contribution is 2.28. The maximum absolute atomic E-state index is 13.0. The number of nitrogens with zero attached hydrogens (tertiary/aromatic N) is 2. The molecule has 0 bridgehead atoms. The SMILES string of the molecule is Cc1ccccc1C(=O)N(Cc1csc(COc2cc(Cl)ccc2Cl)n1)C(C)C. The number of rotatable bonds is 7. The number of benzene rings is 2. The van der Waals surface area contributed by atoms with Crippen molar-refractivity contribution in [3.05, 3.63) is 79.7 Å². The molecule has 29 heavy (non-hydrogen) atoms. The summed E-state index contributed by atoms with van der Waals surface area (Å²) in [5.41, 5.74) is 2.52. The fourth-order valence-electron chi connectivity index (χ4n) is 2.85. The maximum atomic E-state index is 13.0. The van der Waals surface area contributed by atoms with Crippen LogP contribution < -0.4 is 4.74 Å². The van der Waals surface area contributed by atoms with Crippen LogP contribution >= 0.6 is 34.5 Å². The molecule has 0 aliphatic rings. The Morgan fingerprint density at radius 3 is 2.69 bits per heavy atom. The lowest BCUT2D eigenvalue weighted by Crippen LogP contribution is -2.36. The Kier molecular flexibility index (Phi) is 7.17. The van der Waals surface area contributed by atoms with E-state index in [0.29, 0.717) is 22.3 Å². The van der Waals surface area contributed by atoms with Crippen LogP contribution in [0.1, 0.15) is 40.5 Å². The summed E-state index contributed by atoms with van der Waals surface area (Å²) in [4.78, 5) is 19.5. The Balaban J connectivity index is 1.69. The third-order valence-electron chi connectivity index (χ3n) is 4.44. The largest absolute Gasteiger partial charge is 0.485 e. The first kappa shape index (κ1) is 21.6. The predicted molar refractivity (Wildman–Crippen MR) is 119 cm³/mol. The van der Waals surface area contributed by atoms with E-state index in [0.717, 1.165) is 21.8 Å². The number of carbonyl (C=O) groups excluding carboxylic acids is 1. The van der Waals surface area contributed by atoms with Crippen LogP contribution in [-0.2, 0) is 13.2 Å². The van der Waals surface area contributed by atoms with Gasteiger partial charge in [-0.3, -0.25) is 4.79 Å². The van der Waals surface area contributed by atoms with Crippen molar-refractivity contribution >= 4 is 40.4 Å². The first-order valence-corrected chi connectivity index (χ1v) is 10.9. The van der Waals surface area contributed by atoms with Crippen molar-refractivity contribution < 1.29 is 9.53 Å². The van der Waals surface area contributed by atoms with E-state index >= 15 is 0 Å². The number of ether oxygens (including phenoxy) is 1. The molecule has 0 saturated carbocycles. The lowest BCUT2D eigenvalue weighted by atomic mass is 10.1. The molecule has 0 unspecified atom stereocenters. The molecule has 0 N–H and O–H groups in total. The van der Waals surface area contributed by atoms with Gasteiger partial charge in [-0.05, 0) is 44.5 Å². The molecule has 1 heterocycles. The van der Waals surface area contributed by atoms with Crippen molar-refractivity contribution in [1.29, 1.82) is 0 Å². The van der Waals surface area contributed by atoms with Crippen LogP contribution in [0.2, 0.25) is 10.0 Å². The lowest BCUT2D eigenvalue weighted by Gasteiger charge is -2.26. The summed E-state index contributed by atoms with van der Waals surface area (Å²) in [5.74, 6) is 0.532. The first-order chi connectivity index (χ1) is 13.8. The van der Waals surface area contributed by atoms with Gasteiger partial charge in [0.15, 0.2) is 0 Å². The van der Waals surface area contributed by atoms with Crippen molar-refractivity contribution in [3.8, 4) is 5.75 Å². The molecule has 0 fully saturated rings. The third-order valence-corrected chi connectivity index (χ3v) is 5.85. The van der Waals surface area contributed by atoms with Gasteiger partial charge < -0.3 is 9.64 Å². The number of thiazole rings is 1. The number of amides is 1. The molecule has 3 rings (SSSR count). The van der Waals surface area contributed by atoms with E-state index in [1.54, 1.807) is 18.2 Å². The summed E-state index contributed by atoms with van der Waals surface area (Å²) >= 11 is 13.6. The number of aryl methyl sites for hydroxylation is 1. The van der Waals surface area contributed by atoms with Crippen LogP contribution in [0.15, 0.2) is 47.8 Å². The standard InChI is InChI=1S/C22H22Cl2N2O2S/c1-14(2)26(22(27)18-7-5-4-6-15(18)3)11-17-13-29-21(25-17)12-28-20-10-16(23)8-9-19(20)24/h4-10,13-14H,11-12H2,1-3H3. The van der Waals surface area contributed by atoms with Gasteiger partial charge in [-0.2, -0.15) is 0 Å². The monoisotopic (exact) mass is 448 g/mol. The van der Waals surface area contributed by atoms with Crippen molar-refractivity contribution in [2.45, 2.75) is 40.0 Å². The molecule has 152 valence electrons. The molecule has 7 heteroatoms. The highest BCUT2D eigenvalue weighted by Gasteiger charge is 2.21. The molecule has 0 aliphatic carbocycles. The zero-order valence-corrected chi connectivity index (χ0v) is 18.8. The summed E-state index contributed by atoms with van der Waals surface area (Å²) < 4.78 is 5.75. The smallest absolute Gasteiger partial charge is 0.254 e. The van der Waals surface area contributed by atoms with Crippen molar-refractivity contribution in [2.24, 2.45) is 0 Å². The minimum absolute atomic E-state index is 0.00890. The van der Waals surface area contributed by atoms with Gasteiger partial charge in [-0.25, -0.2) is 4.98 Å². The predicted octanol–water partition coefficient (Wildman–Crippen LogP) is 6.39. The van der Waals surface area contributed by atoms with Crippen LogP contribution in [0.5, 0.6) is 5.75 Å². The highest BCUT2D eigenvalue weighted by atomic mass is 35.5. The Labute approximate surface area is 185 Å². The van der Waals surface area contributed by atoms with Crippen LogP contribution in [0, 0.1) is 6.92 Å². The molecular weight excluding hydrogens is 427 g/mol. The van der Waals surface area contributed by atoms with Gasteiger partial charge in [0.1, 0.15) is 17.4 Å². The molecule has 2 aromatic carbocycles. The van der Waals surface area contributed by atoms with Crippen LogP contribution in [0.3, 0.4) is 0 Å². The number of hydrogen-bond acceptors (Lipinski definition) is 4. The molecule has 3 aromatic rings. The number of halogens is 2. The molecule has 0 aliphatic heterocycles. The second-order valence-electron chi connectivity index (χ2n) is 6.94. The van der Waals surface area contributed by atoms with Crippen LogP contribution in [0.4, 0.5) is 0 Å². The average molecular weight is 449 g/mol. The van der Waals surface area contributed by atoms with E-state index < -0.39 is 0 Å². The van der Waals surface area contributed by atoms with Gasteiger partial charge in [-0.1, -0.05) is 41.4 Å².